The predicted octanol–water partition coefficient (Wildman–Crippen LogP) is 6.15. The highest BCUT2D eigenvalue weighted by Gasteiger charge is 2.09. The van der Waals surface area contributed by atoms with Gasteiger partial charge >= 0.3 is 0 Å². The van der Waals surface area contributed by atoms with E-state index in [4.69, 9.17) is 11.6 Å². The normalized spacial score (nSPS) is 11.3. The molecule has 0 aliphatic carbocycles. The molecule has 0 heterocycles. The molecule has 0 aliphatic rings. The Kier molecular flexibility index (Phi) is 6.59. The van der Waals surface area contributed by atoms with Gasteiger partial charge in [-0.1, -0.05) is 23.7 Å². The number of phenols is 1. The van der Waals surface area contributed by atoms with E-state index in [2.05, 4.69) is 20.8 Å². The van der Waals surface area contributed by atoms with Crippen LogP contribution >= 0.6 is 11.6 Å². The largest absolute Gasteiger partial charge is 0.507 e. The number of nitrogens with zero attached hydrogens (tertiary/aromatic N) is 3. The van der Waals surface area contributed by atoms with Crippen molar-refractivity contribution in [3.8, 4) is 5.75 Å². The third-order valence-corrected chi connectivity index (χ3v) is 4.83. The number of carbonyl (C=O) groups is 1. The third-order valence-electron chi connectivity index (χ3n) is 4.52. The Morgan fingerprint density at radius 2 is 1.63 bits per heavy atom. The van der Waals surface area contributed by atoms with Gasteiger partial charge in [-0.25, -0.2) is 5.43 Å². The molecule has 2 N–H and O–H groups in total. The Bertz CT molecular complexity index is 1160. The molecule has 0 bridgehead atoms. The van der Waals surface area contributed by atoms with Crippen molar-refractivity contribution in [1.82, 2.24) is 5.43 Å². The van der Waals surface area contributed by atoms with E-state index in [1.54, 1.807) is 30.3 Å². The number of azo groups is 1. The number of benzene rings is 3. The van der Waals surface area contributed by atoms with E-state index in [1.807, 2.05) is 39.0 Å². The minimum absolute atomic E-state index is 0.00602. The number of aromatic hydroxyl groups is 1. The molecule has 0 saturated carbocycles. The van der Waals surface area contributed by atoms with E-state index < -0.39 is 5.91 Å². The average Bonchev–Trinajstić information content (AvgIpc) is 2.70. The molecule has 0 saturated heterocycles. The molecule has 0 radical (unpaired) electrons. The Labute approximate surface area is 179 Å². The first-order chi connectivity index (χ1) is 14.3. The summed E-state index contributed by atoms with van der Waals surface area (Å²) in [6.45, 7) is 5.94. The Hall–Kier alpha value is -3.51. The van der Waals surface area contributed by atoms with Crippen molar-refractivity contribution in [2.24, 2.45) is 15.3 Å². The van der Waals surface area contributed by atoms with E-state index in [-0.39, 0.29) is 5.75 Å². The molecule has 7 heteroatoms. The Balaban J connectivity index is 1.72. The maximum atomic E-state index is 12.2. The van der Waals surface area contributed by atoms with Crippen LogP contribution in [0, 0.1) is 20.8 Å². The molecule has 0 aliphatic heterocycles. The monoisotopic (exact) mass is 420 g/mol. The molecule has 3 aromatic carbocycles. The molecular weight excluding hydrogens is 400 g/mol. The van der Waals surface area contributed by atoms with Crippen LogP contribution < -0.4 is 5.43 Å². The number of halogens is 1. The van der Waals surface area contributed by atoms with Crippen LogP contribution in [0.1, 0.15) is 32.6 Å². The van der Waals surface area contributed by atoms with Crippen LogP contribution in [0.3, 0.4) is 0 Å². The topological polar surface area (TPSA) is 86.4 Å². The van der Waals surface area contributed by atoms with Crippen LogP contribution in [0.2, 0.25) is 5.02 Å². The lowest BCUT2D eigenvalue weighted by Gasteiger charge is -2.04. The van der Waals surface area contributed by atoms with Gasteiger partial charge in [0.25, 0.3) is 5.91 Å². The first-order valence-corrected chi connectivity index (χ1v) is 9.63. The van der Waals surface area contributed by atoms with Gasteiger partial charge in [-0.3, -0.25) is 4.79 Å². The van der Waals surface area contributed by atoms with Gasteiger partial charge in [-0.05, 0) is 79.9 Å². The van der Waals surface area contributed by atoms with Crippen LogP contribution in [0.15, 0.2) is 69.9 Å². The van der Waals surface area contributed by atoms with Gasteiger partial charge in [-0.15, -0.1) is 0 Å². The lowest BCUT2D eigenvalue weighted by molar-refractivity contribution is 0.0955. The second kappa shape index (κ2) is 9.33. The van der Waals surface area contributed by atoms with E-state index >= 15 is 0 Å². The smallest absolute Gasteiger partial charge is 0.272 e. The molecule has 0 unspecified atom stereocenters. The van der Waals surface area contributed by atoms with Gasteiger partial charge in [0.15, 0.2) is 0 Å². The van der Waals surface area contributed by atoms with E-state index in [1.165, 1.54) is 17.8 Å². The van der Waals surface area contributed by atoms with Crippen LogP contribution in [-0.2, 0) is 0 Å². The quantitative estimate of drug-likeness (QED) is 0.294. The Morgan fingerprint density at radius 3 is 2.33 bits per heavy atom. The maximum absolute atomic E-state index is 12.2. The second-order valence-electron chi connectivity index (χ2n) is 6.89. The predicted molar refractivity (Wildman–Crippen MR) is 119 cm³/mol. The van der Waals surface area contributed by atoms with Gasteiger partial charge in [-0.2, -0.15) is 15.3 Å². The lowest BCUT2D eigenvalue weighted by Crippen LogP contribution is -2.18. The molecule has 30 heavy (non-hydrogen) atoms. The molecule has 152 valence electrons. The van der Waals surface area contributed by atoms with E-state index in [0.717, 1.165) is 16.8 Å². The van der Waals surface area contributed by atoms with Crippen LogP contribution in [0.25, 0.3) is 0 Å². The first kappa shape index (κ1) is 21.2. The first-order valence-electron chi connectivity index (χ1n) is 9.25. The summed E-state index contributed by atoms with van der Waals surface area (Å²) >= 11 is 6.09. The minimum Gasteiger partial charge on any atom is -0.507 e. The summed E-state index contributed by atoms with van der Waals surface area (Å²) in [6.07, 6.45) is 1.34. The second-order valence-corrected chi connectivity index (χ2v) is 7.30. The maximum Gasteiger partial charge on any atom is 0.272 e. The molecule has 0 spiro atoms. The standard InChI is InChI=1S/C23H21ClN4O2/c1-14-4-8-20(21(24)10-14)23(30)28-25-13-17-12-19(7-9-22(17)29)27-26-18-6-5-15(2)16(3)11-18/h4-13,29H,1-3H3,(H,28,30). The zero-order valence-corrected chi connectivity index (χ0v) is 17.6. The van der Waals surface area contributed by atoms with Gasteiger partial charge in [0.2, 0.25) is 0 Å². The molecule has 1 amide bonds. The summed E-state index contributed by atoms with van der Waals surface area (Å²) in [7, 11) is 0. The summed E-state index contributed by atoms with van der Waals surface area (Å²) in [5.74, 6) is -0.437. The fraction of sp³-hybridized carbons (Fsp3) is 0.130. The molecule has 0 aromatic heterocycles. The van der Waals surface area contributed by atoms with Crippen LogP contribution in [-0.4, -0.2) is 17.2 Å². The summed E-state index contributed by atoms with van der Waals surface area (Å²) in [4.78, 5) is 12.2. The number of hydrazone groups is 1. The fourth-order valence-electron chi connectivity index (χ4n) is 2.64. The third kappa shape index (κ3) is 5.30. The lowest BCUT2D eigenvalue weighted by atomic mass is 10.1. The summed E-state index contributed by atoms with van der Waals surface area (Å²) in [6, 6.07) is 15.7. The number of aryl methyl sites for hydroxylation is 3. The number of carbonyl (C=O) groups excluding carboxylic acids is 1. The molecular formula is C23H21ClN4O2. The zero-order chi connectivity index (χ0) is 21.7. The summed E-state index contributed by atoms with van der Waals surface area (Å²) in [5, 5.41) is 22.7. The van der Waals surface area contributed by atoms with Crippen molar-refractivity contribution in [2.75, 3.05) is 0 Å². The highest BCUT2D eigenvalue weighted by Crippen LogP contribution is 2.25. The molecule has 0 fully saturated rings. The molecule has 3 rings (SSSR count). The van der Waals surface area contributed by atoms with Gasteiger partial charge in [0.1, 0.15) is 5.75 Å². The number of hydrogen-bond acceptors (Lipinski definition) is 5. The van der Waals surface area contributed by atoms with Gasteiger partial charge in [0.05, 0.1) is 28.2 Å². The Morgan fingerprint density at radius 1 is 0.933 bits per heavy atom. The van der Waals surface area contributed by atoms with Crippen molar-refractivity contribution in [3.63, 3.8) is 0 Å². The van der Waals surface area contributed by atoms with Crippen molar-refractivity contribution < 1.29 is 9.90 Å². The molecule has 0 atom stereocenters. The van der Waals surface area contributed by atoms with Gasteiger partial charge in [0, 0.05) is 5.56 Å². The van der Waals surface area contributed by atoms with Crippen LogP contribution in [0.4, 0.5) is 11.4 Å². The average molecular weight is 421 g/mol. The highest BCUT2D eigenvalue weighted by molar-refractivity contribution is 6.33. The number of amides is 1. The number of hydrogen-bond donors (Lipinski definition) is 2. The molecule has 3 aromatic rings. The minimum atomic E-state index is -0.443. The fourth-order valence-corrected chi connectivity index (χ4v) is 2.96. The van der Waals surface area contributed by atoms with Gasteiger partial charge < -0.3 is 5.11 Å². The van der Waals surface area contributed by atoms with Crippen molar-refractivity contribution in [2.45, 2.75) is 20.8 Å². The SMILES string of the molecule is Cc1ccc(C(=O)NN=Cc2cc(N=Nc3ccc(C)c(C)c3)ccc2O)c(Cl)c1. The number of phenolic OH excluding ortho intramolecular Hbond substituents is 1. The summed E-state index contributed by atoms with van der Waals surface area (Å²) < 4.78 is 0. The number of nitrogens with one attached hydrogen (secondary N) is 1. The van der Waals surface area contributed by atoms with Crippen molar-refractivity contribution >= 4 is 35.1 Å². The van der Waals surface area contributed by atoms with Crippen molar-refractivity contribution in [3.05, 3.63) is 87.4 Å². The van der Waals surface area contributed by atoms with Crippen molar-refractivity contribution in [1.29, 1.82) is 0 Å². The summed E-state index contributed by atoms with van der Waals surface area (Å²) in [5.41, 5.74) is 7.67. The molecule has 6 nitrogen and oxygen atoms in total. The van der Waals surface area contributed by atoms with E-state index in [0.29, 0.717) is 21.8 Å². The highest BCUT2D eigenvalue weighted by atomic mass is 35.5. The number of rotatable bonds is 5. The van der Waals surface area contributed by atoms with Crippen LogP contribution in [0.5, 0.6) is 5.75 Å². The van der Waals surface area contributed by atoms with E-state index in [9.17, 15) is 9.90 Å². The zero-order valence-electron chi connectivity index (χ0n) is 16.8.